The first-order valence-electron chi connectivity index (χ1n) is 13.3. The molecular weight excluding hydrogens is 452 g/mol. The van der Waals surface area contributed by atoms with Crippen molar-refractivity contribution in [1.29, 1.82) is 0 Å². The minimum absolute atomic E-state index is 0.0775. The molecule has 5 rings (SSSR count). The predicted molar refractivity (Wildman–Crippen MR) is 125 cm³/mol. The van der Waals surface area contributed by atoms with Crippen LogP contribution in [-0.4, -0.2) is 68.5 Å². The Morgan fingerprint density at radius 1 is 1.03 bits per heavy atom. The number of hydrogen-bond acceptors (Lipinski definition) is 7. The van der Waals surface area contributed by atoms with Crippen LogP contribution in [0, 0.1) is 28.6 Å². The predicted octanol–water partition coefficient (Wildman–Crippen LogP) is 2.58. The number of fused-ring (bicyclic) bond motifs is 5. The summed E-state index contributed by atoms with van der Waals surface area (Å²) in [4.78, 5) is 23.7. The molecule has 196 valence electrons. The second-order valence-corrected chi connectivity index (χ2v) is 12.2. The molecule has 0 radical (unpaired) electrons. The molecule has 1 saturated heterocycles. The molecule has 8 heteroatoms. The Morgan fingerprint density at radius 3 is 2.43 bits per heavy atom. The van der Waals surface area contributed by atoms with Gasteiger partial charge < -0.3 is 29.9 Å². The van der Waals surface area contributed by atoms with E-state index in [9.17, 15) is 30.0 Å². The monoisotopic (exact) mass is 492 g/mol. The van der Waals surface area contributed by atoms with Crippen LogP contribution in [-0.2, 0) is 19.1 Å². The SMILES string of the molecule is CCC1(OC2OC(C(=O)O)C(O)C(O)C2O)CCC2C3CCC4=CC(=O)CCC4(C)C3CCC21C. The van der Waals surface area contributed by atoms with Crippen molar-refractivity contribution in [2.24, 2.45) is 28.6 Å². The first-order valence-corrected chi connectivity index (χ1v) is 13.3. The highest BCUT2D eigenvalue weighted by atomic mass is 16.7. The van der Waals surface area contributed by atoms with Crippen LogP contribution in [0.3, 0.4) is 0 Å². The number of allylic oxidation sites excluding steroid dienone is 1. The third-order valence-electron chi connectivity index (χ3n) is 11.0. The van der Waals surface area contributed by atoms with E-state index in [0.29, 0.717) is 30.6 Å². The highest BCUT2D eigenvalue weighted by Gasteiger charge is 2.65. The second kappa shape index (κ2) is 8.62. The van der Waals surface area contributed by atoms with Gasteiger partial charge in [0, 0.05) is 6.42 Å². The molecule has 0 bridgehead atoms. The molecule has 35 heavy (non-hydrogen) atoms. The molecule has 0 aromatic rings. The van der Waals surface area contributed by atoms with E-state index in [1.165, 1.54) is 5.57 Å². The van der Waals surface area contributed by atoms with E-state index >= 15 is 0 Å². The van der Waals surface area contributed by atoms with E-state index in [1.807, 2.05) is 6.08 Å². The van der Waals surface area contributed by atoms with Gasteiger partial charge in [0.25, 0.3) is 0 Å². The molecule has 0 aromatic heterocycles. The first-order chi connectivity index (χ1) is 16.5. The van der Waals surface area contributed by atoms with Crippen LogP contribution in [0.2, 0.25) is 0 Å². The fourth-order valence-electron chi connectivity index (χ4n) is 8.88. The summed E-state index contributed by atoms with van der Waals surface area (Å²) in [7, 11) is 0. The number of aliphatic carboxylic acids is 1. The third kappa shape index (κ3) is 3.58. The number of ether oxygens (including phenoxy) is 2. The Kier molecular flexibility index (Phi) is 6.24. The Balaban J connectivity index is 1.41. The van der Waals surface area contributed by atoms with Gasteiger partial charge in [0.1, 0.15) is 18.3 Å². The lowest BCUT2D eigenvalue weighted by Gasteiger charge is -2.60. The maximum atomic E-state index is 12.1. The molecule has 1 aliphatic heterocycles. The number of carboxylic acids is 1. The van der Waals surface area contributed by atoms with E-state index in [1.54, 1.807) is 0 Å². The number of ketones is 1. The molecule has 11 unspecified atom stereocenters. The van der Waals surface area contributed by atoms with Crippen LogP contribution in [0.15, 0.2) is 11.6 Å². The van der Waals surface area contributed by atoms with Crippen molar-refractivity contribution < 1.29 is 39.5 Å². The molecule has 4 N–H and O–H groups in total. The van der Waals surface area contributed by atoms with E-state index in [2.05, 4.69) is 20.8 Å². The molecule has 0 aromatic carbocycles. The summed E-state index contributed by atoms with van der Waals surface area (Å²) in [5.74, 6) is 0.338. The largest absolute Gasteiger partial charge is 0.479 e. The standard InChI is InChI=1S/C27H40O8/c1-4-27(35-24-21(31)19(29)20(30)22(34-24)23(32)33)12-9-18-16-6-5-14-13-15(28)7-10-25(14,2)17(16)8-11-26(18,27)3/h13,16-22,24,29-31H,4-12H2,1-3H3,(H,32,33). The molecule has 11 atom stereocenters. The smallest absolute Gasteiger partial charge is 0.335 e. The van der Waals surface area contributed by atoms with Gasteiger partial charge in [0.2, 0.25) is 0 Å². The summed E-state index contributed by atoms with van der Waals surface area (Å²) in [6, 6.07) is 0. The number of carbonyl (C=O) groups is 2. The van der Waals surface area contributed by atoms with Gasteiger partial charge in [-0.25, -0.2) is 4.79 Å². The Labute approximate surface area is 206 Å². The summed E-state index contributed by atoms with van der Waals surface area (Å²) in [6.07, 6.45) is 2.00. The van der Waals surface area contributed by atoms with E-state index < -0.39 is 42.3 Å². The summed E-state index contributed by atoms with van der Waals surface area (Å²) in [5, 5.41) is 40.5. The van der Waals surface area contributed by atoms with Crippen molar-refractivity contribution in [2.75, 3.05) is 0 Å². The van der Waals surface area contributed by atoms with Gasteiger partial charge in [-0.1, -0.05) is 26.3 Å². The molecule has 4 aliphatic carbocycles. The van der Waals surface area contributed by atoms with Gasteiger partial charge in [-0.2, -0.15) is 0 Å². The van der Waals surface area contributed by atoms with Gasteiger partial charge >= 0.3 is 5.97 Å². The van der Waals surface area contributed by atoms with Crippen molar-refractivity contribution in [3.63, 3.8) is 0 Å². The topological polar surface area (TPSA) is 134 Å². The van der Waals surface area contributed by atoms with Gasteiger partial charge in [-0.05, 0) is 86.0 Å². The van der Waals surface area contributed by atoms with Crippen LogP contribution >= 0.6 is 0 Å². The maximum Gasteiger partial charge on any atom is 0.335 e. The first kappa shape index (κ1) is 25.3. The lowest BCUT2D eigenvalue weighted by atomic mass is 9.46. The van der Waals surface area contributed by atoms with E-state index in [-0.39, 0.29) is 16.6 Å². The quantitative estimate of drug-likeness (QED) is 0.471. The second-order valence-electron chi connectivity index (χ2n) is 12.2. The molecule has 3 saturated carbocycles. The van der Waals surface area contributed by atoms with Crippen molar-refractivity contribution in [3.05, 3.63) is 11.6 Å². The molecule has 5 aliphatic rings. The number of aliphatic hydroxyl groups is 3. The van der Waals surface area contributed by atoms with Gasteiger partial charge in [-0.3, -0.25) is 4.79 Å². The summed E-state index contributed by atoms with van der Waals surface area (Å²) < 4.78 is 12.1. The zero-order valence-corrected chi connectivity index (χ0v) is 21.0. The van der Waals surface area contributed by atoms with Crippen molar-refractivity contribution >= 4 is 11.8 Å². The fourth-order valence-corrected chi connectivity index (χ4v) is 8.88. The normalized spacial score (nSPS) is 51.7. The molecule has 0 amide bonds. The average molecular weight is 493 g/mol. The van der Waals surface area contributed by atoms with Crippen LogP contribution in [0.1, 0.15) is 78.6 Å². The Hall–Kier alpha value is -1.32. The highest BCUT2D eigenvalue weighted by molar-refractivity contribution is 5.91. The van der Waals surface area contributed by atoms with Gasteiger partial charge in [0.15, 0.2) is 18.2 Å². The maximum absolute atomic E-state index is 12.1. The zero-order chi connectivity index (χ0) is 25.3. The van der Waals surface area contributed by atoms with Crippen molar-refractivity contribution in [2.45, 2.75) is 115 Å². The molecular formula is C27H40O8. The number of rotatable bonds is 4. The molecule has 1 heterocycles. The van der Waals surface area contributed by atoms with Crippen molar-refractivity contribution in [1.82, 2.24) is 0 Å². The van der Waals surface area contributed by atoms with Gasteiger partial charge in [-0.15, -0.1) is 0 Å². The van der Waals surface area contributed by atoms with Crippen LogP contribution in [0.25, 0.3) is 0 Å². The molecule has 0 spiro atoms. The zero-order valence-electron chi connectivity index (χ0n) is 21.0. The number of hydrogen-bond donors (Lipinski definition) is 4. The third-order valence-corrected chi connectivity index (χ3v) is 11.0. The number of aliphatic hydroxyl groups excluding tert-OH is 3. The van der Waals surface area contributed by atoms with Crippen LogP contribution in [0.4, 0.5) is 0 Å². The van der Waals surface area contributed by atoms with E-state index in [0.717, 1.165) is 44.9 Å². The summed E-state index contributed by atoms with van der Waals surface area (Å²) in [6.45, 7) is 6.69. The molecule has 8 nitrogen and oxygen atoms in total. The van der Waals surface area contributed by atoms with Crippen LogP contribution in [0.5, 0.6) is 0 Å². The summed E-state index contributed by atoms with van der Waals surface area (Å²) in [5.41, 5.74) is 0.599. The number of carbonyl (C=O) groups excluding carboxylic acids is 1. The minimum Gasteiger partial charge on any atom is -0.479 e. The minimum atomic E-state index is -1.73. The lowest BCUT2D eigenvalue weighted by molar-refractivity contribution is -0.335. The lowest BCUT2D eigenvalue weighted by Crippen LogP contribution is -2.63. The van der Waals surface area contributed by atoms with Crippen molar-refractivity contribution in [3.8, 4) is 0 Å². The van der Waals surface area contributed by atoms with Crippen LogP contribution < -0.4 is 0 Å². The highest BCUT2D eigenvalue weighted by Crippen LogP contribution is 2.69. The molecule has 4 fully saturated rings. The summed E-state index contributed by atoms with van der Waals surface area (Å²) >= 11 is 0. The number of carboxylic acid groups (broad SMARTS) is 1. The Bertz CT molecular complexity index is 917. The fraction of sp³-hybridized carbons (Fsp3) is 0.852. The van der Waals surface area contributed by atoms with Gasteiger partial charge in [0.05, 0.1) is 5.60 Å². The average Bonchev–Trinajstić information content (AvgIpc) is 3.12. The van der Waals surface area contributed by atoms with E-state index in [4.69, 9.17) is 9.47 Å². The Morgan fingerprint density at radius 2 is 1.74 bits per heavy atom.